The fourth-order valence-corrected chi connectivity index (χ4v) is 4.54. The summed E-state index contributed by atoms with van der Waals surface area (Å²) in [7, 11) is -3.88. The van der Waals surface area contributed by atoms with E-state index in [0.29, 0.717) is 19.5 Å². The molecule has 146 valence electrons. The van der Waals surface area contributed by atoms with E-state index in [9.17, 15) is 13.2 Å². The zero-order chi connectivity index (χ0) is 19.2. The Morgan fingerprint density at radius 2 is 1.81 bits per heavy atom. The summed E-state index contributed by atoms with van der Waals surface area (Å²) in [5.41, 5.74) is 1.77. The summed E-state index contributed by atoms with van der Waals surface area (Å²) in [5, 5.41) is 0. The molecule has 0 radical (unpaired) electrons. The number of sulfonamides is 1. The molecule has 0 bridgehead atoms. The average Bonchev–Trinajstić information content (AvgIpc) is 2.62. The van der Waals surface area contributed by atoms with Crippen molar-refractivity contribution < 1.29 is 13.2 Å². The van der Waals surface area contributed by atoms with Crippen LogP contribution in [0.25, 0.3) is 0 Å². The maximum atomic E-state index is 12.8. The SMILES string of the molecule is CCN(CC)CCc1cc(C)ccc1S(=O)(=O)NC(=O)N1CCCCC1. The summed E-state index contributed by atoms with van der Waals surface area (Å²) in [5.74, 6) is 0. The molecule has 2 rings (SSSR count). The lowest BCUT2D eigenvalue weighted by atomic mass is 10.1. The summed E-state index contributed by atoms with van der Waals surface area (Å²) in [4.78, 5) is 16.4. The zero-order valence-corrected chi connectivity index (χ0v) is 16.9. The molecule has 0 aliphatic carbocycles. The Hall–Kier alpha value is -1.60. The van der Waals surface area contributed by atoms with Crippen molar-refractivity contribution in [2.75, 3.05) is 32.7 Å². The van der Waals surface area contributed by atoms with E-state index in [4.69, 9.17) is 0 Å². The molecule has 7 heteroatoms. The Morgan fingerprint density at radius 1 is 1.15 bits per heavy atom. The molecule has 1 saturated heterocycles. The van der Waals surface area contributed by atoms with Gasteiger partial charge in [0.25, 0.3) is 10.0 Å². The summed E-state index contributed by atoms with van der Waals surface area (Å²) < 4.78 is 27.9. The fraction of sp³-hybridized carbons (Fsp3) is 0.632. The number of hydrogen-bond acceptors (Lipinski definition) is 4. The number of likely N-dealkylation sites (N-methyl/N-ethyl adjacent to an activating group) is 1. The number of nitrogens with one attached hydrogen (secondary N) is 1. The monoisotopic (exact) mass is 381 g/mol. The number of carbonyl (C=O) groups is 1. The van der Waals surface area contributed by atoms with Crippen molar-refractivity contribution in [3.05, 3.63) is 29.3 Å². The number of nitrogens with zero attached hydrogens (tertiary/aromatic N) is 2. The van der Waals surface area contributed by atoms with Gasteiger partial charge in [0.05, 0.1) is 4.90 Å². The Labute approximate surface area is 157 Å². The van der Waals surface area contributed by atoms with Gasteiger partial charge in [-0.25, -0.2) is 17.9 Å². The number of carbonyl (C=O) groups excluding carboxylic acids is 1. The first-order valence-corrected chi connectivity index (χ1v) is 11.0. The van der Waals surface area contributed by atoms with Gasteiger partial charge in [-0.05, 0) is 57.3 Å². The van der Waals surface area contributed by atoms with Crippen LogP contribution in [-0.2, 0) is 16.4 Å². The van der Waals surface area contributed by atoms with Crippen LogP contribution in [0.4, 0.5) is 4.79 Å². The number of benzene rings is 1. The second-order valence-electron chi connectivity index (χ2n) is 6.85. The first kappa shape index (κ1) is 20.7. The Balaban J connectivity index is 2.17. The number of piperidine rings is 1. The second-order valence-corrected chi connectivity index (χ2v) is 8.50. The van der Waals surface area contributed by atoms with Crippen LogP contribution < -0.4 is 4.72 Å². The largest absolute Gasteiger partial charge is 0.331 e. The van der Waals surface area contributed by atoms with Gasteiger partial charge in [0.15, 0.2) is 0 Å². The van der Waals surface area contributed by atoms with Crippen molar-refractivity contribution in [1.29, 1.82) is 0 Å². The van der Waals surface area contributed by atoms with Crippen molar-refractivity contribution >= 4 is 16.1 Å². The highest BCUT2D eigenvalue weighted by Gasteiger charge is 2.25. The molecule has 1 aromatic carbocycles. The lowest BCUT2D eigenvalue weighted by molar-refractivity contribution is 0.192. The molecule has 0 saturated carbocycles. The number of hydrogen-bond donors (Lipinski definition) is 1. The molecular formula is C19H31N3O3S. The van der Waals surface area contributed by atoms with Crippen LogP contribution in [0.2, 0.25) is 0 Å². The van der Waals surface area contributed by atoms with Crippen LogP contribution in [-0.4, -0.2) is 57.0 Å². The van der Waals surface area contributed by atoms with E-state index in [1.165, 1.54) is 0 Å². The van der Waals surface area contributed by atoms with Gasteiger partial charge in [0.1, 0.15) is 0 Å². The third kappa shape index (κ3) is 5.45. The summed E-state index contributed by atoms with van der Waals surface area (Å²) >= 11 is 0. The first-order chi connectivity index (χ1) is 12.4. The molecule has 26 heavy (non-hydrogen) atoms. The predicted octanol–water partition coefficient (Wildman–Crippen LogP) is 2.76. The molecule has 1 aliphatic heterocycles. The van der Waals surface area contributed by atoms with Gasteiger partial charge in [-0.15, -0.1) is 0 Å². The third-order valence-corrected chi connectivity index (χ3v) is 6.38. The van der Waals surface area contributed by atoms with E-state index in [2.05, 4.69) is 23.5 Å². The predicted molar refractivity (Wildman–Crippen MR) is 104 cm³/mol. The molecule has 0 atom stereocenters. The molecule has 1 aliphatic rings. The highest BCUT2D eigenvalue weighted by molar-refractivity contribution is 7.90. The second kappa shape index (κ2) is 9.37. The number of likely N-dealkylation sites (tertiary alicyclic amines) is 1. The van der Waals surface area contributed by atoms with E-state index in [1.807, 2.05) is 13.0 Å². The fourth-order valence-electron chi connectivity index (χ4n) is 3.32. The molecule has 0 aromatic heterocycles. The average molecular weight is 382 g/mol. The first-order valence-electron chi connectivity index (χ1n) is 9.51. The summed E-state index contributed by atoms with van der Waals surface area (Å²) in [6, 6.07) is 4.78. The summed E-state index contributed by atoms with van der Waals surface area (Å²) in [6.07, 6.45) is 3.57. The van der Waals surface area contributed by atoms with Gasteiger partial charge in [0.2, 0.25) is 0 Å². The van der Waals surface area contributed by atoms with Crippen LogP contribution >= 0.6 is 0 Å². The van der Waals surface area contributed by atoms with Crippen molar-refractivity contribution in [2.45, 2.75) is 51.3 Å². The van der Waals surface area contributed by atoms with Crippen LogP contribution in [0, 0.1) is 6.92 Å². The minimum Gasteiger partial charge on any atom is -0.324 e. The molecule has 1 aromatic rings. The molecule has 1 N–H and O–H groups in total. The maximum absolute atomic E-state index is 12.8. The smallest absolute Gasteiger partial charge is 0.324 e. The standard InChI is InChI=1S/C19H31N3O3S/c1-4-21(5-2)14-11-17-15-16(3)9-10-18(17)26(24,25)20-19(23)22-12-7-6-8-13-22/h9-10,15H,4-8,11-14H2,1-3H3,(H,20,23). The number of urea groups is 1. The van der Waals surface area contributed by atoms with E-state index in [-0.39, 0.29) is 4.90 Å². The van der Waals surface area contributed by atoms with Crippen molar-refractivity contribution in [2.24, 2.45) is 0 Å². The van der Waals surface area contributed by atoms with Crippen molar-refractivity contribution in [3.63, 3.8) is 0 Å². The molecular weight excluding hydrogens is 350 g/mol. The van der Waals surface area contributed by atoms with Crippen LogP contribution in [0.3, 0.4) is 0 Å². The lowest BCUT2D eigenvalue weighted by Crippen LogP contribution is -2.45. The van der Waals surface area contributed by atoms with E-state index in [0.717, 1.165) is 50.0 Å². The highest BCUT2D eigenvalue weighted by Crippen LogP contribution is 2.19. The molecule has 0 spiro atoms. The number of aryl methyl sites for hydroxylation is 1. The lowest BCUT2D eigenvalue weighted by Gasteiger charge is -2.27. The topological polar surface area (TPSA) is 69.7 Å². The number of rotatable bonds is 7. The molecule has 2 amide bonds. The zero-order valence-electron chi connectivity index (χ0n) is 16.1. The van der Waals surface area contributed by atoms with Crippen LogP contribution in [0.1, 0.15) is 44.2 Å². The maximum Gasteiger partial charge on any atom is 0.331 e. The van der Waals surface area contributed by atoms with Gasteiger partial charge in [0, 0.05) is 19.6 Å². The van der Waals surface area contributed by atoms with E-state index < -0.39 is 16.1 Å². The van der Waals surface area contributed by atoms with Crippen LogP contribution in [0.5, 0.6) is 0 Å². The quantitative estimate of drug-likeness (QED) is 0.788. The van der Waals surface area contributed by atoms with Crippen LogP contribution in [0.15, 0.2) is 23.1 Å². The molecule has 1 fully saturated rings. The Morgan fingerprint density at radius 3 is 2.42 bits per heavy atom. The van der Waals surface area contributed by atoms with Crippen molar-refractivity contribution in [3.8, 4) is 0 Å². The van der Waals surface area contributed by atoms with E-state index in [1.54, 1.807) is 17.0 Å². The molecule has 1 heterocycles. The van der Waals surface area contributed by atoms with Gasteiger partial charge in [-0.3, -0.25) is 0 Å². The van der Waals surface area contributed by atoms with Gasteiger partial charge in [-0.1, -0.05) is 31.5 Å². The van der Waals surface area contributed by atoms with Gasteiger partial charge in [-0.2, -0.15) is 0 Å². The molecule has 0 unspecified atom stereocenters. The Kier molecular flexibility index (Phi) is 7.46. The highest BCUT2D eigenvalue weighted by atomic mass is 32.2. The molecule has 6 nitrogen and oxygen atoms in total. The van der Waals surface area contributed by atoms with Crippen molar-refractivity contribution in [1.82, 2.24) is 14.5 Å². The van der Waals surface area contributed by atoms with Gasteiger partial charge >= 0.3 is 6.03 Å². The number of amides is 2. The summed E-state index contributed by atoms with van der Waals surface area (Å²) in [6.45, 7) is 10.0. The third-order valence-electron chi connectivity index (χ3n) is 4.96. The normalized spacial score (nSPS) is 15.3. The van der Waals surface area contributed by atoms with E-state index >= 15 is 0 Å². The Bertz CT molecular complexity index is 709. The minimum atomic E-state index is -3.88. The minimum absolute atomic E-state index is 0.209. The van der Waals surface area contributed by atoms with Gasteiger partial charge < -0.3 is 9.80 Å².